The van der Waals surface area contributed by atoms with Gasteiger partial charge in [-0.2, -0.15) is 0 Å². The van der Waals surface area contributed by atoms with Crippen LogP contribution in [0.25, 0.3) is 0 Å². The summed E-state index contributed by atoms with van der Waals surface area (Å²) in [6.45, 7) is 2.74. The number of ether oxygens (including phenoxy) is 2. The zero-order valence-corrected chi connectivity index (χ0v) is 22.2. The first kappa shape index (κ1) is 26.2. The second kappa shape index (κ2) is 12.4. The van der Waals surface area contributed by atoms with Crippen molar-refractivity contribution in [3.05, 3.63) is 58.5 Å². The van der Waals surface area contributed by atoms with E-state index in [0.717, 1.165) is 30.0 Å². The lowest BCUT2D eigenvalue weighted by Gasteiger charge is -2.32. The number of pyridine rings is 1. The van der Waals surface area contributed by atoms with Crippen molar-refractivity contribution < 1.29 is 14.3 Å². The summed E-state index contributed by atoms with van der Waals surface area (Å²) in [5.74, 6) is 0.986. The van der Waals surface area contributed by atoms with Crippen LogP contribution in [0.5, 0.6) is 11.5 Å². The number of hydrogen-bond donors (Lipinski definition) is 3. The number of thiocarbonyl (C=S) groups is 1. The minimum atomic E-state index is -0.228. The number of nitrogens with zero attached hydrogens (tertiary/aromatic N) is 2. The molecule has 1 fully saturated rings. The summed E-state index contributed by atoms with van der Waals surface area (Å²) in [5.41, 5.74) is 2.74. The number of carbonyl (C=O) groups is 1. The molecule has 1 saturated heterocycles. The molecule has 0 saturated carbocycles. The number of nitrogens with one attached hydrogen (secondary N) is 3. The van der Waals surface area contributed by atoms with Gasteiger partial charge >= 0.3 is 0 Å². The van der Waals surface area contributed by atoms with Gasteiger partial charge in [-0.1, -0.05) is 36.3 Å². The Morgan fingerprint density at radius 2 is 2.19 bits per heavy atom. The molecule has 3 N–H and O–H groups in total. The fourth-order valence-corrected chi connectivity index (χ4v) is 5.07. The van der Waals surface area contributed by atoms with E-state index in [4.69, 9.17) is 33.3 Å². The minimum absolute atomic E-state index is 0.228. The van der Waals surface area contributed by atoms with E-state index in [2.05, 4.69) is 32.9 Å². The maximum atomic E-state index is 12.8. The number of piperidine rings is 1. The van der Waals surface area contributed by atoms with E-state index >= 15 is 0 Å². The van der Waals surface area contributed by atoms with Gasteiger partial charge in [0.25, 0.3) is 5.91 Å². The maximum absolute atomic E-state index is 12.8. The topological polar surface area (TPSA) is 87.8 Å². The summed E-state index contributed by atoms with van der Waals surface area (Å²) >= 11 is 11.9. The summed E-state index contributed by atoms with van der Waals surface area (Å²) in [4.78, 5) is 19.7. The maximum Gasteiger partial charge on any atom is 0.256 e. The highest BCUT2D eigenvalue weighted by atomic mass is 35.5. The predicted octanol–water partition coefficient (Wildman–Crippen LogP) is 3.91. The van der Waals surface area contributed by atoms with Crippen molar-refractivity contribution in [1.29, 1.82) is 0 Å². The third kappa shape index (κ3) is 6.27. The van der Waals surface area contributed by atoms with Gasteiger partial charge in [0.2, 0.25) is 0 Å². The molecule has 1 atom stereocenters. The van der Waals surface area contributed by atoms with Gasteiger partial charge in [0.1, 0.15) is 17.3 Å². The molecule has 0 aliphatic carbocycles. The van der Waals surface area contributed by atoms with Crippen LogP contribution in [0.4, 0.5) is 5.69 Å². The summed E-state index contributed by atoms with van der Waals surface area (Å²) in [6, 6.07) is 7.66. The van der Waals surface area contributed by atoms with Crippen LogP contribution in [0.3, 0.4) is 0 Å². The molecule has 0 radical (unpaired) electrons. The molecule has 0 spiro atoms. The first-order chi connectivity index (χ1) is 17.5. The Hall–Kier alpha value is -2.88. The van der Waals surface area contributed by atoms with E-state index < -0.39 is 0 Å². The Balaban J connectivity index is 1.48. The van der Waals surface area contributed by atoms with Crippen LogP contribution in [0, 0.1) is 0 Å². The normalized spacial score (nSPS) is 18.4. The molecule has 1 amide bonds. The van der Waals surface area contributed by atoms with Gasteiger partial charge in [-0.25, -0.2) is 0 Å². The van der Waals surface area contributed by atoms with Gasteiger partial charge in [-0.3, -0.25) is 9.78 Å². The Morgan fingerprint density at radius 1 is 1.33 bits per heavy atom. The van der Waals surface area contributed by atoms with Crippen molar-refractivity contribution in [3.63, 3.8) is 0 Å². The monoisotopic (exact) mass is 529 g/mol. The molecule has 8 nitrogen and oxygen atoms in total. The average molecular weight is 530 g/mol. The molecule has 36 heavy (non-hydrogen) atoms. The van der Waals surface area contributed by atoms with Gasteiger partial charge in [0, 0.05) is 43.0 Å². The lowest BCUT2D eigenvalue weighted by atomic mass is 10.0. The fourth-order valence-electron chi connectivity index (χ4n) is 4.50. The number of para-hydroxylation sites is 1. The van der Waals surface area contributed by atoms with Crippen molar-refractivity contribution in [2.75, 3.05) is 39.2 Å². The number of benzene rings is 1. The molecule has 0 unspecified atom stereocenters. The number of methoxy groups -OCH3 is 1. The molecule has 1 aromatic heterocycles. The van der Waals surface area contributed by atoms with E-state index in [-0.39, 0.29) is 5.91 Å². The smallest absolute Gasteiger partial charge is 0.256 e. The standard InChI is InChI=1S/C26H32ClN5O3S/c1-32-13-4-3-6-18(32)16-35-22-15-28-11-9-17(22)14-30-20-10-12-29-25(33)23(20)26(36)31-21-8-5-7-19(27)24(21)34-2/h5,7-9,11,15,18,30H,3-4,6,10,12-14,16H2,1-2H3,(H,29,33)(H,31,36)/t18-/m0/s1. The third-order valence-electron chi connectivity index (χ3n) is 6.55. The zero-order chi connectivity index (χ0) is 25.5. The lowest BCUT2D eigenvalue weighted by molar-refractivity contribution is -0.117. The van der Waals surface area contributed by atoms with Gasteiger partial charge < -0.3 is 30.3 Å². The lowest BCUT2D eigenvalue weighted by Crippen LogP contribution is -2.40. The number of anilines is 1. The van der Waals surface area contributed by atoms with Crippen LogP contribution in [0.15, 0.2) is 47.9 Å². The molecule has 2 aliphatic rings. The van der Waals surface area contributed by atoms with Crippen molar-refractivity contribution in [1.82, 2.24) is 20.5 Å². The Bertz CT molecular complexity index is 1140. The number of halogens is 1. The molecule has 192 valence electrons. The zero-order valence-electron chi connectivity index (χ0n) is 20.6. The van der Waals surface area contributed by atoms with Crippen molar-refractivity contribution >= 4 is 40.4 Å². The van der Waals surface area contributed by atoms with E-state index in [1.54, 1.807) is 30.6 Å². The van der Waals surface area contributed by atoms with Gasteiger partial charge in [0.05, 0.1) is 29.6 Å². The second-order valence-electron chi connectivity index (χ2n) is 8.91. The highest BCUT2D eigenvalue weighted by Gasteiger charge is 2.25. The van der Waals surface area contributed by atoms with Crippen LogP contribution in [0.2, 0.25) is 5.02 Å². The van der Waals surface area contributed by atoms with Crippen LogP contribution in [-0.4, -0.2) is 60.7 Å². The summed E-state index contributed by atoms with van der Waals surface area (Å²) in [5, 5.41) is 9.89. The van der Waals surface area contributed by atoms with Crippen LogP contribution >= 0.6 is 23.8 Å². The van der Waals surface area contributed by atoms with E-state index in [1.807, 2.05) is 6.07 Å². The number of likely N-dealkylation sites (tertiary alicyclic amines) is 1. The number of amides is 1. The molecular formula is C26H32ClN5O3S. The Morgan fingerprint density at radius 3 is 3.00 bits per heavy atom. The van der Waals surface area contributed by atoms with Crippen LogP contribution in [0.1, 0.15) is 31.2 Å². The SMILES string of the molecule is COc1c(Cl)cccc1NC(=S)C1=C(NCc2ccncc2OC[C@@H]2CCCCN2C)CCNC1=O. The summed E-state index contributed by atoms with van der Waals surface area (Å²) in [6.07, 6.45) is 7.73. The molecule has 2 aliphatic heterocycles. The van der Waals surface area contributed by atoms with Crippen LogP contribution < -0.4 is 25.4 Å². The van der Waals surface area contributed by atoms with Crippen molar-refractivity contribution in [2.24, 2.45) is 0 Å². The van der Waals surface area contributed by atoms with Crippen LogP contribution in [-0.2, 0) is 11.3 Å². The first-order valence-corrected chi connectivity index (χ1v) is 12.9. The van der Waals surface area contributed by atoms with Gasteiger partial charge in [-0.05, 0) is 44.6 Å². The van der Waals surface area contributed by atoms with Crippen molar-refractivity contribution in [3.8, 4) is 11.5 Å². The van der Waals surface area contributed by atoms with E-state index in [0.29, 0.717) is 59.2 Å². The van der Waals surface area contributed by atoms with Gasteiger partial charge in [-0.15, -0.1) is 0 Å². The van der Waals surface area contributed by atoms with E-state index in [1.165, 1.54) is 20.0 Å². The second-order valence-corrected chi connectivity index (χ2v) is 9.73. The third-order valence-corrected chi connectivity index (χ3v) is 7.15. The highest BCUT2D eigenvalue weighted by molar-refractivity contribution is 7.81. The largest absolute Gasteiger partial charge is 0.493 e. The average Bonchev–Trinajstić information content (AvgIpc) is 2.87. The number of hydrogen-bond acceptors (Lipinski definition) is 7. The molecule has 1 aromatic carbocycles. The molecule has 10 heteroatoms. The molecule has 4 rings (SSSR count). The highest BCUT2D eigenvalue weighted by Crippen LogP contribution is 2.33. The molecule has 0 bridgehead atoms. The van der Waals surface area contributed by atoms with E-state index in [9.17, 15) is 4.79 Å². The Kier molecular flexibility index (Phi) is 9.01. The number of rotatable bonds is 9. The number of carbonyl (C=O) groups excluding carboxylic acids is 1. The number of aromatic nitrogens is 1. The quantitative estimate of drug-likeness (QED) is 0.421. The minimum Gasteiger partial charge on any atom is -0.493 e. The predicted molar refractivity (Wildman–Crippen MR) is 146 cm³/mol. The first-order valence-electron chi connectivity index (χ1n) is 12.1. The molecule has 3 heterocycles. The van der Waals surface area contributed by atoms with Crippen molar-refractivity contribution in [2.45, 2.75) is 38.3 Å². The molecule has 2 aromatic rings. The summed E-state index contributed by atoms with van der Waals surface area (Å²) in [7, 11) is 3.69. The number of likely N-dealkylation sites (N-methyl/N-ethyl adjacent to an activating group) is 1. The van der Waals surface area contributed by atoms with Gasteiger partial charge in [0.15, 0.2) is 5.75 Å². The fraction of sp³-hybridized carbons (Fsp3) is 0.423. The Labute approximate surface area is 222 Å². The summed E-state index contributed by atoms with van der Waals surface area (Å²) < 4.78 is 11.6. The molecular weight excluding hydrogens is 498 g/mol.